The van der Waals surface area contributed by atoms with Crippen molar-refractivity contribution in [3.63, 3.8) is 0 Å². The molecule has 0 saturated carbocycles. The van der Waals surface area contributed by atoms with E-state index in [4.69, 9.17) is 16.3 Å². The third kappa shape index (κ3) is 10.6. The Labute approximate surface area is 261 Å². The number of sulfonamides is 1. The maximum atomic E-state index is 14.0. The van der Waals surface area contributed by atoms with Crippen molar-refractivity contribution in [1.29, 1.82) is 0 Å². The largest absolute Gasteiger partial charge is 0.492 e. The average molecular weight is 628 g/mol. The zero-order chi connectivity index (χ0) is 31.4. The molecule has 0 fully saturated rings. The summed E-state index contributed by atoms with van der Waals surface area (Å²) in [6.07, 6.45) is 1.74. The Balaban J connectivity index is 1.90. The molecule has 3 aromatic rings. The van der Waals surface area contributed by atoms with Crippen molar-refractivity contribution in [2.24, 2.45) is 5.92 Å². The summed E-state index contributed by atoms with van der Waals surface area (Å²) >= 11 is 6.26. The predicted molar refractivity (Wildman–Crippen MR) is 173 cm³/mol. The van der Waals surface area contributed by atoms with Gasteiger partial charge in [0.05, 0.1) is 18.6 Å². The van der Waals surface area contributed by atoms with Crippen LogP contribution in [0.4, 0.5) is 5.69 Å². The Hall–Kier alpha value is -3.56. The molecule has 3 aromatic carbocycles. The Bertz CT molecular complexity index is 1450. The Morgan fingerprint density at radius 1 is 0.953 bits per heavy atom. The number of hydrogen-bond donors (Lipinski definition) is 1. The third-order valence-corrected chi connectivity index (χ3v) is 8.20. The molecule has 0 aromatic heterocycles. The molecule has 43 heavy (non-hydrogen) atoms. The second-order valence-electron chi connectivity index (χ2n) is 10.8. The highest BCUT2D eigenvalue weighted by Crippen LogP contribution is 2.30. The van der Waals surface area contributed by atoms with Gasteiger partial charge in [-0.25, -0.2) is 8.42 Å². The number of nitrogens with zero attached hydrogens (tertiary/aromatic N) is 2. The lowest BCUT2D eigenvalue weighted by molar-refractivity contribution is -0.141. The van der Waals surface area contributed by atoms with Crippen LogP contribution in [0.15, 0.2) is 78.9 Å². The van der Waals surface area contributed by atoms with E-state index in [1.165, 1.54) is 4.31 Å². The highest BCUT2D eigenvalue weighted by atomic mass is 35.5. The van der Waals surface area contributed by atoms with Crippen LogP contribution in [-0.2, 0) is 32.6 Å². The van der Waals surface area contributed by atoms with Gasteiger partial charge in [-0.15, -0.1) is 0 Å². The zero-order valence-corrected chi connectivity index (χ0v) is 26.9. The van der Waals surface area contributed by atoms with Crippen molar-refractivity contribution in [2.75, 3.05) is 30.3 Å². The van der Waals surface area contributed by atoms with E-state index in [-0.39, 0.29) is 43.7 Å². The van der Waals surface area contributed by atoms with Crippen LogP contribution in [0.1, 0.15) is 44.7 Å². The van der Waals surface area contributed by atoms with Crippen molar-refractivity contribution in [1.82, 2.24) is 10.2 Å². The second kappa shape index (κ2) is 16.3. The number of carbonyl (C=O) groups is 2. The minimum absolute atomic E-state index is 0.0339. The van der Waals surface area contributed by atoms with Gasteiger partial charge >= 0.3 is 0 Å². The predicted octanol–water partition coefficient (Wildman–Crippen LogP) is 5.70. The first kappa shape index (κ1) is 33.9. The van der Waals surface area contributed by atoms with Crippen LogP contribution in [0.5, 0.6) is 5.75 Å². The quantitative estimate of drug-likeness (QED) is 0.220. The number of benzene rings is 3. The lowest BCUT2D eigenvalue weighted by atomic mass is 10.0. The number of nitrogens with one attached hydrogen (secondary N) is 1. The van der Waals surface area contributed by atoms with Crippen LogP contribution in [0.3, 0.4) is 0 Å². The summed E-state index contributed by atoms with van der Waals surface area (Å²) in [7, 11) is -3.67. The highest BCUT2D eigenvalue weighted by molar-refractivity contribution is 7.92. The van der Waals surface area contributed by atoms with Gasteiger partial charge in [0.2, 0.25) is 21.8 Å². The summed E-state index contributed by atoms with van der Waals surface area (Å²) in [4.78, 5) is 29.2. The van der Waals surface area contributed by atoms with Crippen LogP contribution in [-0.4, -0.2) is 57.1 Å². The Morgan fingerprint density at radius 2 is 1.63 bits per heavy atom. The topological polar surface area (TPSA) is 96.0 Å². The fourth-order valence-electron chi connectivity index (χ4n) is 4.73. The lowest BCUT2D eigenvalue weighted by Crippen LogP contribution is -2.51. The van der Waals surface area contributed by atoms with Gasteiger partial charge in [-0.3, -0.25) is 13.9 Å². The molecule has 0 bridgehead atoms. The van der Waals surface area contributed by atoms with Gasteiger partial charge in [-0.05, 0) is 54.7 Å². The zero-order valence-electron chi connectivity index (χ0n) is 25.3. The standard InChI is InChI=1S/C33H42ClN3O5S/c1-5-42-31-18-10-9-17-29(31)37(43(4,40)41)20-12-19-32(38)36(24-27-15-11-16-28(34)21-27)30(33(39)35-23-25(2)3)22-26-13-7-6-8-14-26/h6-11,13-18,21,25,30H,5,12,19-20,22-24H2,1-4H3,(H,35,39)/t30-/m0/s1. The summed E-state index contributed by atoms with van der Waals surface area (Å²) in [6, 6.07) is 23.0. The van der Waals surface area contributed by atoms with Crippen LogP contribution >= 0.6 is 11.6 Å². The van der Waals surface area contributed by atoms with Crippen molar-refractivity contribution in [3.05, 3.63) is 95.0 Å². The van der Waals surface area contributed by atoms with Gasteiger partial charge in [-0.1, -0.05) is 80.0 Å². The first-order chi connectivity index (χ1) is 20.5. The number of halogens is 1. The van der Waals surface area contributed by atoms with Gasteiger partial charge in [0.15, 0.2) is 0 Å². The fraction of sp³-hybridized carbons (Fsp3) is 0.394. The molecule has 0 saturated heterocycles. The van der Waals surface area contributed by atoms with E-state index in [9.17, 15) is 18.0 Å². The lowest BCUT2D eigenvalue weighted by Gasteiger charge is -2.32. The fourth-order valence-corrected chi connectivity index (χ4v) is 5.91. The van der Waals surface area contributed by atoms with E-state index in [1.807, 2.05) is 63.2 Å². The monoisotopic (exact) mass is 627 g/mol. The van der Waals surface area contributed by atoms with E-state index < -0.39 is 16.1 Å². The maximum absolute atomic E-state index is 14.0. The van der Waals surface area contributed by atoms with Crippen molar-refractivity contribution in [2.45, 2.75) is 52.6 Å². The van der Waals surface area contributed by atoms with Gasteiger partial charge in [0, 0.05) is 37.5 Å². The normalized spacial score (nSPS) is 12.0. The number of rotatable bonds is 16. The van der Waals surface area contributed by atoms with Crippen molar-refractivity contribution >= 4 is 39.1 Å². The molecule has 232 valence electrons. The number of carbonyl (C=O) groups excluding carboxylic acids is 2. The number of ether oxygens (including phenoxy) is 1. The summed E-state index contributed by atoms with van der Waals surface area (Å²) in [6.45, 7) is 6.96. The molecular formula is C33H42ClN3O5S. The summed E-state index contributed by atoms with van der Waals surface area (Å²) < 4.78 is 32.6. The van der Waals surface area contributed by atoms with Crippen LogP contribution in [0.2, 0.25) is 5.02 Å². The molecule has 3 rings (SSSR count). The molecule has 0 spiro atoms. The Morgan fingerprint density at radius 3 is 2.28 bits per heavy atom. The molecule has 10 heteroatoms. The van der Waals surface area contributed by atoms with Crippen molar-refractivity contribution in [3.8, 4) is 5.75 Å². The third-order valence-electron chi connectivity index (χ3n) is 6.78. The molecule has 0 aliphatic carbocycles. The van der Waals surface area contributed by atoms with Crippen LogP contribution < -0.4 is 14.4 Å². The van der Waals surface area contributed by atoms with Gasteiger partial charge in [0.1, 0.15) is 11.8 Å². The number of amides is 2. The van der Waals surface area contributed by atoms with E-state index in [1.54, 1.807) is 41.3 Å². The smallest absolute Gasteiger partial charge is 0.243 e. The van der Waals surface area contributed by atoms with Crippen molar-refractivity contribution < 1.29 is 22.7 Å². The van der Waals surface area contributed by atoms with Crippen LogP contribution in [0, 0.1) is 5.92 Å². The number of hydrogen-bond acceptors (Lipinski definition) is 5. The number of para-hydroxylation sites is 2. The maximum Gasteiger partial charge on any atom is 0.243 e. The molecular weight excluding hydrogens is 586 g/mol. The summed E-state index contributed by atoms with van der Waals surface area (Å²) in [5.41, 5.74) is 2.14. The van der Waals surface area contributed by atoms with E-state index >= 15 is 0 Å². The molecule has 1 atom stereocenters. The molecule has 0 radical (unpaired) electrons. The minimum Gasteiger partial charge on any atom is -0.492 e. The molecule has 0 aliphatic rings. The Kier molecular flexibility index (Phi) is 12.9. The van der Waals surface area contributed by atoms with E-state index in [0.29, 0.717) is 36.0 Å². The molecule has 0 unspecified atom stereocenters. The highest BCUT2D eigenvalue weighted by Gasteiger charge is 2.31. The second-order valence-corrected chi connectivity index (χ2v) is 13.2. The number of anilines is 1. The molecule has 0 aliphatic heterocycles. The summed E-state index contributed by atoms with van der Waals surface area (Å²) in [5, 5.41) is 3.54. The average Bonchev–Trinajstić information content (AvgIpc) is 2.96. The van der Waals surface area contributed by atoms with Crippen LogP contribution in [0.25, 0.3) is 0 Å². The molecule has 0 heterocycles. The van der Waals surface area contributed by atoms with Gasteiger partial charge in [-0.2, -0.15) is 0 Å². The minimum atomic E-state index is -3.67. The first-order valence-electron chi connectivity index (χ1n) is 14.5. The molecule has 2 amide bonds. The van der Waals surface area contributed by atoms with E-state index in [0.717, 1.165) is 17.4 Å². The molecule has 8 nitrogen and oxygen atoms in total. The molecule has 1 N–H and O–H groups in total. The van der Waals surface area contributed by atoms with Gasteiger partial charge < -0.3 is 15.0 Å². The summed E-state index contributed by atoms with van der Waals surface area (Å²) in [5.74, 6) is 0.192. The van der Waals surface area contributed by atoms with Gasteiger partial charge in [0.25, 0.3) is 0 Å². The van der Waals surface area contributed by atoms with E-state index in [2.05, 4.69) is 5.32 Å². The SMILES string of the molecule is CCOc1ccccc1N(CCCC(=O)N(Cc1cccc(Cl)c1)[C@@H](Cc1ccccc1)C(=O)NCC(C)C)S(C)(=O)=O. The first-order valence-corrected chi connectivity index (χ1v) is 16.8.